The number of imide groups is 1. The highest BCUT2D eigenvalue weighted by atomic mass is 79.9. The van der Waals surface area contributed by atoms with Crippen molar-refractivity contribution in [3.05, 3.63) is 76.8 Å². The number of hydrogen-bond donors (Lipinski definition) is 0. The van der Waals surface area contributed by atoms with Crippen LogP contribution in [-0.2, 0) is 9.59 Å². The lowest BCUT2D eigenvalue weighted by atomic mass is 9.86. The van der Waals surface area contributed by atoms with Crippen LogP contribution in [0.3, 0.4) is 0 Å². The van der Waals surface area contributed by atoms with Crippen LogP contribution >= 0.6 is 15.9 Å². The molecule has 6 nitrogen and oxygen atoms in total. The third-order valence-corrected chi connectivity index (χ3v) is 6.23. The van der Waals surface area contributed by atoms with Gasteiger partial charge in [-0.2, -0.15) is 5.10 Å². The number of halogens is 1. The third kappa shape index (κ3) is 2.68. The van der Waals surface area contributed by atoms with Gasteiger partial charge in [-0.25, -0.2) is 4.90 Å². The first-order chi connectivity index (χ1) is 14.1. The van der Waals surface area contributed by atoms with E-state index < -0.39 is 23.9 Å². The first-order valence-electron chi connectivity index (χ1n) is 9.29. The van der Waals surface area contributed by atoms with E-state index in [1.54, 1.807) is 65.8 Å². The number of ketones is 1. The maximum atomic E-state index is 13.4. The van der Waals surface area contributed by atoms with Crippen molar-refractivity contribution in [1.82, 2.24) is 5.01 Å². The predicted octanol–water partition coefficient (Wildman–Crippen LogP) is 3.05. The molecule has 4 atom stereocenters. The molecular formula is C22H16BrN3O3. The van der Waals surface area contributed by atoms with Crippen LogP contribution in [0.15, 0.2) is 76.3 Å². The molecular weight excluding hydrogens is 434 g/mol. The van der Waals surface area contributed by atoms with Crippen LogP contribution in [0.25, 0.3) is 0 Å². The van der Waals surface area contributed by atoms with Crippen LogP contribution in [0.1, 0.15) is 10.4 Å². The number of fused-ring (bicyclic) bond motifs is 3. The monoisotopic (exact) mass is 449 g/mol. The number of allylic oxidation sites excluding steroid dienone is 1. The van der Waals surface area contributed by atoms with Gasteiger partial charge >= 0.3 is 0 Å². The minimum Gasteiger partial charge on any atom is -0.292 e. The third-order valence-electron chi connectivity index (χ3n) is 5.70. The van der Waals surface area contributed by atoms with E-state index in [1.165, 1.54) is 4.90 Å². The molecule has 0 radical (unpaired) electrons. The molecule has 2 fully saturated rings. The number of benzene rings is 2. The number of Topliss-reactive ketones (excluding diaryl/α,β-unsaturated/α-hetero) is 1. The van der Waals surface area contributed by atoms with Crippen LogP contribution in [0.2, 0.25) is 0 Å². The van der Waals surface area contributed by atoms with Crippen LogP contribution in [0, 0.1) is 11.8 Å². The summed E-state index contributed by atoms with van der Waals surface area (Å²) >= 11 is 3.37. The Labute approximate surface area is 175 Å². The van der Waals surface area contributed by atoms with Crippen molar-refractivity contribution in [3.8, 4) is 0 Å². The summed E-state index contributed by atoms with van der Waals surface area (Å²) in [6.07, 6.45) is 5.19. The Morgan fingerprint density at radius 1 is 0.931 bits per heavy atom. The molecule has 0 aromatic heterocycles. The predicted molar refractivity (Wildman–Crippen MR) is 111 cm³/mol. The van der Waals surface area contributed by atoms with Crippen molar-refractivity contribution in [2.24, 2.45) is 16.9 Å². The van der Waals surface area contributed by atoms with Gasteiger partial charge < -0.3 is 0 Å². The minimum atomic E-state index is -0.822. The summed E-state index contributed by atoms with van der Waals surface area (Å²) in [6.45, 7) is 0. The Morgan fingerprint density at radius 3 is 2.34 bits per heavy atom. The van der Waals surface area contributed by atoms with Crippen molar-refractivity contribution >= 4 is 45.4 Å². The maximum absolute atomic E-state index is 13.4. The van der Waals surface area contributed by atoms with Crippen LogP contribution in [0.4, 0.5) is 5.69 Å². The topological polar surface area (TPSA) is 70.0 Å². The second kappa shape index (κ2) is 6.77. The summed E-state index contributed by atoms with van der Waals surface area (Å²) in [5, 5.41) is 5.98. The van der Waals surface area contributed by atoms with E-state index in [4.69, 9.17) is 0 Å². The molecule has 29 heavy (non-hydrogen) atoms. The molecule has 0 saturated carbocycles. The number of hydrogen-bond acceptors (Lipinski definition) is 5. The van der Waals surface area contributed by atoms with E-state index in [2.05, 4.69) is 21.0 Å². The van der Waals surface area contributed by atoms with E-state index in [0.29, 0.717) is 11.3 Å². The summed E-state index contributed by atoms with van der Waals surface area (Å²) < 4.78 is 0.859. The summed E-state index contributed by atoms with van der Waals surface area (Å²) in [5.41, 5.74) is 1.02. The molecule has 3 aliphatic heterocycles. The van der Waals surface area contributed by atoms with Gasteiger partial charge in [-0.05, 0) is 30.3 Å². The quantitative estimate of drug-likeness (QED) is 0.533. The van der Waals surface area contributed by atoms with E-state index in [0.717, 1.165) is 4.47 Å². The van der Waals surface area contributed by atoms with Gasteiger partial charge in [-0.15, -0.1) is 0 Å². The van der Waals surface area contributed by atoms with E-state index in [9.17, 15) is 14.4 Å². The normalized spacial score (nSPS) is 27.3. The second-order valence-corrected chi connectivity index (χ2v) is 8.15. The number of hydrazone groups is 1. The second-order valence-electron chi connectivity index (χ2n) is 7.24. The molecule has 7 heteroatoms. The highest BCUT2D eigenvalue weighted by Crippen LogP contribution is 2.46. The SMILES string of the molecule is O=C(c1ccc(Br)cc1)[C@@H]1[C@@H]2C(=O)N(c3ccccc3)C(=O)[C@H]2[C@H]2C=CC=NN21. The molecule has 0 unspecified atom stereocenters. The Hall–Kier alpha value is -3.06. The fourth-order valence-corrected chi connectivity index (χ4v) is 4.72. The first kappa shape index (κ1) is 18.0. The molecule has 2 aromatic rings. The van der Waals surface area contributed by atoms with Gasteiger partial charge in [0.15, 0.2) is 5.78 Å². The molecule has 3 aliphatic rings. The van der Waals surface area contributed by atoms with Gasteiger partial charge in [-0.1, -0.05) is 52.3 Å². The number of carbonyl (C=O) groups excluding carboxylic acids is 3. The number of para-hydroxylation sites is 1. The van der Waals surface area contributed by atoms with Crippen LogP contribution in [0.5, 0.6) is 0 Å². The zero-order valence-electron chi connectivity index (χ0n) is 15.2. The number of anilines is 1. The lowest BCUT2D eigenvalue weighted by Crippen LogP contribution is -2.46. The maximum Gasteiger partial charge on any atom is 0.240 e. The Morgan fingerprint density at radius 2 is 1.62 bits per heavy atom. The summed E-state index contributed by atoms with van der Waals surface area (Å²) in [7, 11) is 0. The van der Waals surface area contributed by atoms with Crippen LogP contribution < -0.4 is 4.90 Å². The van der Waals surface area contributed by atoms with Crippen molar-refractivity contribution in [2.75, 3.05) is 4.90 Å². The smallest absolute Gasteiger partial charge is 0.240 e. The number of amides is 2. The molecule has 2 saturated heterocycles. The molecule has 144 valence electrons. The lowest BCUT2D eigenvalue weighted by Gasteiger charge is -2.30. The number of rotatable bonds is 3. The Kier molecular flexibility index (Phi) is 4.20. The van der Waals surface area contributed by atoms with Gasteiger partial charge in [0.05, 0.1) is 23.6 Å². The zero-order chi connectivity index (χ0) is 20.1. The molecule has 2 aromatic carbocycles. The van der Waals surface area contributed by atoms with Gasteiger partial charge in [-0.3, -0.25) is 19.4 Å². The molecule has 2 amide bonds. The number of nitrogens with zero attached hydrogens (tertiary/aromatic N) is 3. The summed E-state index contributed by atoms with van der Waals surface area (Å²) in [6, 6.07) is 14.6. The Balaban J connectivity index is 1.58. The fourth-order valence-electron chi connectivity index (χ4n) is 4.45. The standard InChI is InChI=1S/C22H16BrN3O3/c23-14-10-8-13(9-11-14)20(27)19-18-17(16-7-4-12-24-26(16)19)21(28)25(22(18)29)15-5-2-1-3-6-15/h1-12,16-19H/t16-,17+,18-,19+/m1/s1. The minimum absolute atomic E-state index is 0.210. The summed E-state index contributed by atoms with van der Waals surface area (Å²) in [5.74, 6) is -2.25. The van der Waals surface area contributed by atoms with E-state index in [1.807, 2.05) is 12.1 Å². The van der Waals surface area contributed by atoms with Crippen molar-refractivity contribution in [3.63, 3.8) is 0 Å². The number of carbonyl (C=O) groups is 3. The molecule has 3 heterocycles. The fraction of sp³-hybridized carbons (Fsp3) is 0.182. The van der Waals surface area contributed by atoms with Crippen molar-refractivity contribution in [1.29, 1.82) is 0 Å². The molecule has 0 spiro atoms. The van der Waals surface area contributed by atoms with Crippen LogP contribution in [-0.4, -0.2) is 40.9 Å². The molecule has 0 N–H and O–H groups in total. The highest BCUT2D eigenvalue weighted by molar-refractivity contribution is 9.10. The van der Waals surface area contributed by atoms with Gasteiger partial charge in [0.25, 0.3) is 0 Å². The highest BCUT2D eigenvalue weighted by Gasteiger charge is 2.64. The first-order valence-corrected chi connectivity index (χ1v) is 10.1. The van der Waals surface area contributed by atoms with Crippen molar-refractivity contribution < 1.29 is 14.4 Å². The van der Waals surface area contributed by atoms with Crippen molar-refractivity contribution in [2.45, 2.75) is 12.1 Å². The van der Waals surface area contributed by atoms with E-state index in [-0.39, 0.29) is 17.6 Å². The molecule has 5 rings (SSSR count). The van der Waals surface area contributed by atoms with Gasteiger partial charge in [0.2, 0.25) is 11.8 Å². The summed E-state index contributed by atoms with van der Waals surface area (Å²) in [4.78, 5) is 41.3. The molecule has 0 aliphatic carbocycles. The lowest BCUT2D eigenvalue weighted by molar-refractivity contribution is -0.123. The van der Waals surface area contributed by atoms with Gasteiger partial charge in [0, 0.05) is 16.3 Å². The Bertz CT molecular complexity index is 1060. The average molecular weight is 450 g/mol. The average Bonchev–Trinajstić information content (AvgIpc) is 3.22. The molecule has 0 bridgehead atoms. The largest absolute Gasteiger partial charge is 0.292 e. The zero-order valence-corrected chi connectivity index (χ0v) is 16.8. The van der Waals surface area contributed by atoms with E-state index >= 15 is 0 Å². The van der Waals surface area contributed by atoms with Gasteiger partial charge in [0.1, 0.15) is 6.04 Å².